The van der Waals surface area contributed by atoms with E-state index in [0.29, 0.717) is 30.4 Å². The number of nitrogens with zero attached hydrogens (tertiary/aromatic N) is 7. The number of methoxy groups -OCH3 is 3. The average molecular weight is 554 g/mol. The van der Waals surface area contributed by atoms with Crippen molar-refractivity contribution in [2.45, 2.75) is 42.8 Å². The predicted molar refractivity (Wildman–Crippen MR) is 132 cm³/mol. The molecule has 1 saturated heterocycles. The maximum Gasteiger partial charge on any atom is 0.245 e. The topological polar surface area (TPSA) is 153 Å². The molecule has 0 spiro atoms. The summed E-state index contributed by atoms with van der Waals surface area (Å²) < 4.78 is 51.0. The van der Waals surface area contributed by atoms with Gasteiger partial charge in [-0.25, -0.2) is 13.4 Å². The molecule has 0 bridgehead atoms. The molecule has 0 aliphatic carbocycles. The second-order valence-electron chi connectivity index (χ2n) is 8.40. The Balaban J connectivity index is 1.78. The summed E-state index contributed by atoms with van der Waals surface area (Å²) in [6.45, 7) is 2.61. The first-order valence-corrected chi connectivity index (χ1v) is 13.6. The van der Waals surface area contributed by atoms with Gasteiger partial charge in [-0.1, -0.05) is 11.6 Å². The highest BCUT2D eigenvalue weighted by atomic mass is 35.5. The molecule has 37 heavy (non-hydrogen) atoms. The third kappa shape index (κ3) is 5.66. The molecule has 200 valence electrons. The Morgan fingerprint density at radius 2 is 1.84 bits per heavy atom. The second-order valence-corrected chi connectivity index (χ2v) is 11.1. The molecular weight excluding hydrogens is 526 g/mol. The Morgan fingerprint density at radius 1 is 1.11 bits per heavy atom. The van der Waals surface area contributed by atoms with Gasteiger partial charge in [0.15, 0.2) is 21.3 Å². The van der Waals surface area contributed by atoms with Crippen LogP contribution in [0.3, 0.4) is 0 Å². The van der Waals surface area contributed by atoms with Crippen LogP contribution in [-0.4, -0.2) is 82.9 Å². The van der Waals surface area contributed by atoms with Crippen LogP contribution < -0.4 is 9.47 Å². The van der Waals surface area contributed by atoms with E-state index >= 15 is 0 Å². The van der Waals surface area contributed by atoms with Gasteiger partial charge in [-0.3, -0.25) is 9.55 Å². The maximum atomic E-state index is 13.7. The number of ether oxygens (including phenoxy) is 4. The van der Waals surface area contributed by atoms with E-state index in [1.807, 2.05) is 0 Å². The molecule has 0 unspecified atom stereocenters. The van der Waals surface area contributed by atoms with Crippen LogP contribution in [0.15, 0.2) is 18.7 Å². The molecule has 0 radical (unpaired) electrons. The molecule has 0 aromatic carbocycles. The van der Waals surface area contributed by atoms with E-state index in [2.05, 4.69) is 30.1 Å². The van der Waals surface area contributed by atoms with Crippen molar-refractivity contribution in [1.82, 2.24) is 34.7 Å². The molecule has 1 aliphatic rings. The summed E-state index contributed by atoms with van der Waals surface area (Å²) in [5.41, 5.74) is 0.645. The minimum Gasteiger partial charge on any atom is -0.479 e. The van der Waals surface area contributed by atoms with Crippen LogP contribution in [0.4, 0.5) is 0 Å². The lowest BCUT2D eigenvalue weighted by atomic mass is 10.0. The van der Waals surface area contributed by atoms with Gasteiger partial charge in [0.1, 0.15) is 29.2 Å². The third-order valence-corrected chi connectivity index (χ3v) is 8.39. The quantitative estimate of drug-likeness (QED) is 0.361. The molecule has 4 heterocycles. The molecule has 1 fully saturated rings. The van der Waals surface area contributed by atoms with Crippen molar-refractivity contribution in [3.8, 4) is 17.4 Å². The fraction of sp³-hybridized carbons (Fsp3) is 0.545. The summed E-state index contributed by atoms with van der Waals surface area (Å²) >= 11 is 5.84. The first-order chi connectivity index (χ1) is 17.8. The monoisotopic (exact) mass is 553 g/mol. The molecule has 0 N–H and O–H groups in total. The zero-order valence-electron chi connectivity index (χ0n) is 20.9. The number of aromatic nitrogens is 7. The van der Waals surface area contributed by atoms with E-state index in [9.17, 15) is 8.42 Å². The Bertz CT molecular complexity index is 1290. The largest absolute Gasteiger partial charge is 0.479 e. The number of rotatable bonds is 10. The van der Waals surface area contributed by atoms with Crippen molar-refractivity contribution >= 4 is 21.4 Å². The summed E-state index contributed by atoms with van der Waals surface area (Å²) in [7, 11) is 0.442. The highest BCUT2D eigenvalue weighted by Gasteiger charge is 2.36. The highest BCUT2D eigenvalue weighted by Crippen LogP contribution is 2.35. The molecule has 0 saturated carbocycles. The van der Waals surface area contributed by atoms with E-state index in [1.54, 1.807) is 11.5 Å². The fourth-order valence-electron chi connectivity index (χ4n) is 4.24. The molecule has 13 nitrogen and oxygen atoms in total. The van der Waals surface area contributed by atoms with E-state index in [1.165, 1.54) is 40.1 Å². The second kappa shape index (κ2) is 11.6. The lowest BCUT2D eigenvalue weighted by molar-refractivity contribution is 0.0775. The normalized spacial score (nSPS) is 17.8. The Hall–Kier alpha value is -2.94. The summed E-state index contributed by atoms with van der Waals surface area (Å²) in [6.07, 6.45) is 4.76. The van der Waals surface area contributed by atoms with E-state index in [4.69, 9.17) is 30.5 Å². The molecule has 3 atom stereocenters. The smallest absolute Gasteiger partial charge is 0.245 e. The molecule has 4 rings (SSSR count). The summed E-state index contributed by atoms with van der Waals surface area (Å²) in [6, 6.07) is 0. The van der Waals surface area contributed by atoms with Gasteiger partial charge in [0.05, 0.1) is 44.2 Å². The molecule has 0 amide bonds. The van der Waals surface area contributed by atoms with Crippen molar-refractivity contribution in [2.75, 3.05) is 34.5 Å². The van der Waals surface area contributed by atoms with E-state index in [0.717, 1.165) is 12.8 Å². The lowest BCUT2D eigenvalue weighted by Crippen LogP contribution is -2.30. The number of hydrogen-bond donors (Lipinski definition) is 0. The minimum atomic E-state index is -3.87. The van der Waals surface area contributed by atoms with Gasteiger partial charge in [-0.05, 0) is 19.8 Å². The Morgan fingerprint density at radius 3 is 2.41 bits per heavy atom. The van der Waals surface area contributed by atoms with Crippen LogP contribution in [0.25, 0.3) is 5.69 Å². The van der Waals surface area contributed by atoms with Gasteiger partial charge in [-0.15, -0.1) is 10.2 Å². The SMILES string of the molecule is COc1ncnc(OC)c1-n1c(CS(=O)(=O)[C@@H](C)[C@H](OC)c2cnc(Cl)cn2)nnc1[C@H]1CCCOC1. The van der Waals surface area contributed by atoms with Gasteiger partial charge in [0.25, 0.3) is 0 Å². The molecular formula is C22H28ClN7O6S. The van der Waals surface area contributed by atoms with E-state index < -0.39 is 26.9 Å². The number of halogens is 1. The average Bonchev–Trinajstić information content (AvgIpc) is 3.32. The summed E-state index contributed by atoms with van der Waals surface area (Å²) in [5.74, 6) is 0.439. The number of sulfone groups is 1. The van der Waals surface area contributed by atoms with Gasteiger partial charge >= 0.3 is 0 Å². The van der Waals surface area contributed by atoms with Crippen LogP contribution in [0.5, 0.6) is 11.8 Å². The van der Waals surface area contributed by atoms with Crippen LogP contribution in [-0.2, 0) is 25.1 Å². The fourth-order valence-corrected chi connectivity index (χ4v) is 5.77. The highest BCUT2D eigenvalue weighted by molar-refractivity contribution is 7.91. The zero-order valence-corrected chi connectivity index (χ0v) is 22.4. The van der Waals surface area contributed by atoms with Crippen LogP contribution >= 0.6 is 11.6 Å². The Labute approximate surface area is 219 Å². The predicted octanol–water partition coefficient (Wildman–Crippen LogP) is 2.10. The van der Waals surface area contributed by atoms with Crippen LogP contribution in [0.2, 0.25) is 5.15 Å². The van der Waals surface area contributed by atoms with Gasteiger partial charge in [0.2, 0.25) is 11.8 Å². The van der Waals surface area contributed by atoms with Crippen molar-refractivity contribution < 1.29 is 27.4 Å². The molecule has 1 aliphatic heterocycles. The molecule has 15 heteroatoms. The zero-order chi connectivity index (χ0) is 26.6. The Kier molecular flexibility index (Phi) is 8.52. The van der Waals surface area contributed by atoms with Crippen molar-refractivity contribution in [3.05, 3.63) is 41.2 Å². The molecule has 3 aromatic heterocycles. The van der Waals surface area contributed by atoms with Crippen molar-refractivity contribution in [2.24, 2.45) is 0 Å². The minimum absolute atomic E-state index is 0.124. The third-order valence-electron chi connectivity index (χ3n) is 6.15. The summed E-state index contributed by atoms with van der Waals surface area (Å²) in [5, 5.41) is 7.84. The van der Waals surface area contributed by atoms with E-state index in [-0.39, 0.29) is 28.7 Å². The first kappa shape index (κ1) is 27.1. The van der Waals surface area contributed by atoms with Crippen LogP contribution in [0.1, 0.15) is 49.1 Å². The van der Waals surface area contributed by atoms with Crippen LogP contribution in [0, 0.1) is 0 Å². The lowest BCUT2D eigenvalue weighted by Gasteiger charge is -2.24. The van der Waals surface area contributed by atoms with Gasteiger partial charge < -0.3 is 18.9 Å². The van der Waals surface area contributed by atoms with Gasteiger partial charge in [-0.2, -0.15) is 9.97 Å². The van der Waals surface area contributed by atoms with Gasteiger partial charge in [0, 0.05) is 19.6 Å². The maximum absolute atomic E-state index is 13.7. The van der Waals surface area contributed by atoms with Crippen molar-refractivity contribution in [1.29, 1.82) is 0 Å². The molecule has 3 aromatic rings. The number of hydrogen-bond acceptors (Lipinski definition) is 12. The van der Waals surface area contributed by atoms with Crippen molar-refractivity contribution in [3.63, 3.8) is 0 Å². The standard InChI is InChI=1S/C22H28ClN7O6S/c1-13(19(33-2)15-8-25-16(23)9-24-15)37(31,32)11-17-28-29-20(14-6-5-7-36-10-14)30(17)18-21(34-3)26-12-27-22(18)35-4/h8-9,12-14,19H,5-7,10-11H2,1-4H3/t13-,14-,19-/m0/s1. The first-order valence-electron chi connectivity index (χ1n) is 11.5. The summed E-state index contributed by atoms with van der Waals surface area (Å²) in [4.78, 5) is 16.6.